The summed E-state index contributed by atoms with van der Waals surface area (Å²) in [6, 6.07) is 15.7. The monoisotopic (exact) mass is 487 g/mol. The van der Waals surface area contributed by atoms with E-state index in [9.17, 15) is 0 Å². The molecule has 0 fully saturated rings. The van der Waals surface area contributed by atoms with Gasteiger partial charge in [0.2, 0.25) is 5.88 Å². The molecule has 4 rings (SSSR count). The summed E-state index contributed by atoms with van der Waals surface area (Å²) in [7, 11) is 1.70. The van der Waals surface area contributed by atoms with Crippen LogP contribution >= 0.6 is 0 Å². The van der Waals surface area contributed by atoms with Gasteiger partial charge in [-0.3, -0.25) is 0 Å². The minimum Gasteiger partial charge on any atom is -0.472 e. The van der Waals surface area contributed by atoms with Crippen molar-refractivity contribution in [2.75, 3.05) is 20.3 Å². The first kappa shape index (κ1) is 26.3. The van der Waals surface area contributed by atoms with Crippen molar-refractivity contribution in [1.29, 1.82) is 0 Å². The first-order chi connectivity index (χ1) is 17.5. The van der Waals surface area contributed by atoms with Gasteiger partial charge >= 0.3 is 0 Å². The molecule has 1 N–H and O–H groups in total. The van der Waals surface area contributed by atoms with E-state index in [2.05, 4.69) is 68.6 Å². The van der Waals surface area contributed by atoms with E-state index >= 15 is 0 Å². The van der Waals surface area contributed by atoms with Gasteiger partial charge in [0.15, 0.2) is 5.82 Å². The van der Waals surface area contributed by atoms with E-state index in [1.54, 1.807) is 7.11 Å². The molecule has 1 aliphatic carbocycles. The van der Waals surface area contributed by atoms with Crippen LogP contribution in [0.25, 0.3) is 11.4 Å². The molecule has 0 bridgehead atoms. The Kier molecular flexibility index (Phi) is 9.11. The zero-order valence-corrected chi connectivity index (χ0v) is 22.6. The second-order valence-corrected chi connectivity index (χ2v) is 9.81. The molecule has 5 heteroatoms. The Morgan fingerprint density at radius 3 is 2.50 bits per heavy atom. The maximum Gasteiger partial charge on any atom is 0.220 e. The van der Waals surface area contributed by atoms with Gasteiger partial charge in [0.05, 0.1) is 6.61 Å². The maximum atomic E-state index is 6.37. The van der Waals surface area contributed by atoms with Crippen LogP contribution in [-0.2, 0) is 30.4 Å². The molecular formula is C31H41N3O2. The van der Waals surface area contributed by atoms with Crippen LogP contribution in [0.1, 0.15) is 73.2 Å². The van der Waals surface area contributed by atoms with Crippen molar-refractivity contribution in [2.45, 2.75) is 78.4 Å². The Bertz CT molecular complexity index is 1140. The Morgan fingerprint density at radius 1 is 1.03 bits per heavy atom. The van der Waals surface area contributed by atoms with Crippen LogP contribution in [-0.4, -0.2) is 36.3 Å². The van der Waals surface area contributed by atoms with Gasteiger partial charge in [0.1, 0.15) is 6.10 Å². The molecule has 192 valence electrons. The fourth-order valence-electron chi connectivity index (χ4n) is 5.39. The van der Waals surface area contributed by atoms with Crippen LogP contribution in [0.3, 0.4) is 0 Å². The van der Waals surface area contributed by atoms with Crippen molar-refractivity contribution in [3.8, 4) is 17.3 Å². The van der Waals surface area contributed by atoms with Gasteiger partial charge in [-0.05, 0) is 74.6 Å². The predicted octanol–water partition coefficient (Wildman–Crippen LogP) is 6.20. The molecule has 0 saturated carbocycles. The Hall–Kier alpha value is -2.76. The topological polar surface area (TPSA) is 56.3 Å². The molecule has 1 aliphatic rings. The second-order valence-electron chi connectivity index (χ2n) is 9.81. The van der Waals surface area contributed by atoms with Crippen LogP contribution in [0.5, 0.6) is 5.88 Å². The first-order valence-corrected chi connectivity index (χ1v) is 13.5. The molecule has 2 aromatic carbocycles. The van der Waals surface area contributed by atoms with Crippen molar-refractivity contribution < 1.29 is 9.47 Å². The third kappa shape index (κ3) is 5.96. The van der Waals surface area contributed by atoms with E-state index in [-0.39, 0.29) is 6.10 Å². The number of fused-ring (bicyclic) bond motifs is 1. The largest absolute Gasteiger partial charge is 0.472 e. The van der Waals surface area contributed by atoms with Gasteiger partial charge in [0, 0.05) is 36.5 Å². The molecule has 0 aliphatic heterocycles. The second kappa shape index (κ2) is 12.5. The summed E-state index contributed by atoms with van der Waals surface area (Å²) >= 11 is 0. The number of hydrogen-bond acceptors (Lipinski definition) is 5. The highest BCUT2D eigenvalue weighted by atomic mass is 16.5. The molecule has 1 aromatic heterocycles. The molecule has 1 heterocycles. The molecule has 0 amide bonds. The van der Waals surface area contributed by atoms with Crippen molar-refractivity contribution >= 4 is 0 Å². The van der Waals surface area contributed by atoms with Gasteiger partial charge in [-0.25, -0.2) is 4.98 Å². The van der Waals surface area contributed by atoms with Crippen LogP contribution in [0, 0.1) is 6.92 Å². The average Bonchev–Trinajstić information content (AvgIpc) is 2.89. The Labute approximate surface area is 216 Å². The van der Waals surface area contributed by atoms with Gasteiger partial charge in [-0.1, -0.05) is 56.3 Å². The zero-order valence-electron chi connectivity index (χ0n) is 22.6. The zero-order chi connectivity index (χ0) is 25.5. The van der Waals surface area contributed by atoms with Crippen molar-refractivity contribution in [3.63, 3.8) is 0 Å². The highest BCUT2D eigenvalue weighted by Gasteiger charge is 2.22. The summed E-state index contributed by atoms with van der Waals surface area (Å²) in [6.45, 7) is 9.85. The molecule has 0 spiro atoms. The molecule has 0 unspecified atom stereocenters. The molecule has 36 heavy (non-hydrogen) atoms. The van der Waals surface area contributed by atoms with Gasteiger partial charge in [0.25, 0.3) is 0 Å². The number of hydrogen-bond donors (Lipinski definition) is 1. The fraction of sp³-hybridized carbons (Fsp3) is 0.484. The van der Waals surface area contributed by atoms with E-state index in [4.69, 9.17) is 19.4 Å². The minimum absolute atomic E-state index is 0.0962. The molecule has 2 atom stereocenters. The SMILES string of the molecule is CCc1cccc(CC)c1-c1nc(C)c(CCN[C@H]2CCCc3ccccc32)c(O[C@@H](C)COC)n1. The summed E-state index contributed by atoms with van der Waals surface area (Å²) in [4.78, 5) is 10.1. The number of aromatic nitrogens is 2. The third-order valence-corrected chi connectivity index (χ3v) is 7.25. The van der Waals surface area contributed by atoms with E-state index in [1.165, 1.54) is 41.5 Å². The summed E-state index contributed by atoms with van der Waals surface area (Å²) in [5, 5.41) is 3.81. The summed E-state index contributed by atoms with van der Waals surface area (Å²) < 4.78 is 11.7. The van der Waals surface area contributed by atoms with Gasteiger partial charge in [-0.15, -0.1) is 0 Å². The highest BCUT2D eigenvalue weighted by Crippen LogP contribution is 2.32. The molecule has 0 radical (unpaired) electrons. The predicted molar refractivity (Wildman–Crippen MR) is 147 cm³/mol. The van der Waals surface area contributed by atoms with E-state index < -0.39 is 0 Å². The number of benzene rings is 2. The van der Waals surface area contributed by atoms with E-state index in [1.807, 2.05) is 6.92 Å². The van der Waals surface area contributed by atoms with Gasteiger partial charge in [-0.2, -0.15) is 4.98 Å². The summed E-state index contributed by atoms with van der Waals surface area (Å²) in [6.07, 6.45) is 6.18. The lowest BCUT2D eigenvalue weighted by molar-refractivity contribution is 0.0881. The Morgan fingerprint density at radius 2 is 1.78 bits per heavy atom. The lowest BCUT2D eigenvalue weighted by Crippen LogP contribution is -2.28. The average molecular weight is 488 g/mol. The number of rotatable bonds is 11. The lowest BCUT2D eigenvalue weighted by atomic mass is 9.87. The number of nitrogens with one attached hydrogen (secondary N) is 1. The molecule has 3 aromatic rings. The summed E-state index contributed by atoms with van der Waals surface area (Å²) in [5.41, 5.74) is 8.68. The molecular weight excluding hydrogens is 446 g/mol. The summed E-state index contributed by atoms with van der Waals surface area (Å²) in [5.74, 6) is 1.44. The fourth-order valence-corrected chi connectivity index (χ4v) is 5.39. The first-order valence-electron chi connectivity index (χ1n) is 13.5. The van der Waals surface area contributed by atoms with E-state index in [0.717, 1.165) is 48.5 Å². The van der Waals surface area contributed by atoms with Crippen LogP contribution in [0.15, 0.2) is 42.5 Å². The van der Waals surface area contributed by atoms with Crippen molar-refractivity contribution in [3.05, 3.63) is 76.0 Å². The van der Waals surface area contributed by atoms with Gasteiger partial charge < -0.3 is 14.8 Å². The lowest BCUT2D eigenvalue weighted by Gasteiger charge is -2.27. The quantitative estimate of drug-likeness (QED) is 0.349. The normalized spacial score (nSPS) is 16.0. The standard InChI is InChI=1S/C31H41N3O2/c1-6-23-13-10-14-24(7-2)29(23)30-33-22(4)26(31(34-30)36-21(3)20-35-5)18-19-32-28-17-11-15-25-12-8-9-16-27(25)28/h8-10,12-14,16,21,28,32H,6-7,11,15,17-20H2,1-5H3/t21-,28-/m0/s1. The molecule has 5 nitrogen and oxygen atoms in total. The third-order valence-electron chi connectivity index (χ3n) is 7.25. The Balaban J connectivity index is 1.62. The highest BCUT2D eigenvalue weighted by molar-refractivity contribution is 5.66. The molecule has 0 saturated heterocycles. The van der Waals surface area contributed by atoms with Crippen molar-refractivity contribution in [1.82, 2.24) is 15.3 Å². The van der Waals surface area contributed by atoms with Crippen molar-refractivity contribution in [2.24, 2.45) is 0 Å². The number of methoxy groups -OCH3 is 1. The number of ether oxygens (including phenoxy) is 2. The van der Waals surface area contributed by atoms with Crippen LogP contribution in [0.4, 0.5) is 0 Å². The smallest absolute Gasteiger partial charge is 0.220 e. The number of aryl methyl sites for hydroxylation is 4. The van der Waals surface area contributed by atoms with Crippen LogP contribution in [0.2, 0.25) is 0 Å². The van der Waals surface area contributed by atoms with E-state index in [0.29, 0.717) is 18.5 Å². The van der Waals surface area contributed by atoms with Crippen LogP contribution < -0.4 is 10.1 Å². The minimum atomic E-state index is -0.0962. The number of nitrogens with zero attached hydrogens (tertiary/aromatic N) is 2. The maximum absolute atomic E-state index is 6.37.